The van der Waals surface area contributed by atoms with Gasteiger partial charge in [-0.05, 0) is 12.3 Å². The molecular formula is C14H26N4O2. The van der Waals surface area contributed by atoms with Gasteiger partial charge in [0.05, 0.1) is 0 Å². The van der Waals surface area contributed by atoms with Crippen molar-refractivity contribution in [1.29, 1.82) is 0 Å². The minimum Gasteiger partial charge on any atom is -0.383 e. The number of rotatable bonds is 8. The summed E-state index contributed by atoms with van der Waals surface area (Å²) in [7, 11) is 0. The van der Waals surface area contributed by atoms with E-state index in [1.807, 2.05) is 13.8 Å². The number of H-pyrrole nitrogens is 1. The van der Waals surface area contributed by atoms with Crippen LogP contribution in [0.15, 0.2) is 9.59 Å². The SMILES string of the molecule is CCCCCCNc1c(N)n(CC(C)C)c(=O)[nH]c1=O. The maximum Gasteiger partial charge on any atom is 0.330 e. The third kappa shape index (κ3) is 4.43. The molecule has 1 rings (SSSR count). The van der Waals surface area contributed by atoms with Crippen LogP contribution < -0.4 is 22.3 Å². The first-order valence-electron chi connectivity index (χ1n) is 7.33. The van der Waals surface area contributed by atoms with E-state index < -0.39 is 11.2 Å². The average molecular weight is 282 g/mol. The smallest absolute Gasteiger partial charge is 0.330 e. The highest BCUT2D eigenvalue weighted by molar-refractivity contribution is 5.60. The molecule has 1 aromatic rings. The number of nitrogen functional groups attached to an aromatic ring is 1. The van der Waals surface area contributed by atoms with E-state index in [1.165, 1.54) is 17.4 Å². The highest BCUT2D eigenvalue weighted by Crippen LogP contribution is 2.12. The Bertz CT molecular complexity index is 531. The molecule has 0 unspecified atom stereocenters. The molecule has 4 N–H and O–H groups in total. The summed E-state index contributed by atoms with van der Waals surface area (Å²) in [5.74, 6) is 0.501. The van der Waals surface area contributed by atoms with E-state index in [2.05, 4.69) is 17.2 Å². The van der Waals surface area contributed by atoms with Crippen LogP contribution in [0.5, 0.6) is 0 Å². The summed E-state index contributed by atoms with van der Waals surface area (Å²) >= 11 is 0. The number of unbranched alkanes of at least 4 members (excludes halogenated alkanes) is 3. The highest BCUT2D eigenvalue weighted by Gasteiger charge is 2.12. The molecule has 1 aromatic heterocycles. The van der Waals surface area contributed by atoms with Gasteiger partial charge in [0.1, 0.15) is 11.5 Å². The molecule has 20 heavy (non-hydrogen) atoms. The topological polar surface area (TPSA) is 92.9 Å². The van der Waals surface area contributed by atoms with E-state index in [0.717, 1.165) is 12.8 Å². The Morgan fingerprint density at radius 1 is 1.25 bits per heavy atom. The fourth-order valence-electron chi connectivity index (χ4n) is 2.07. The summed E-state index contributed by atoms with van der Waals surface area (Å²) in [6.07, 6.45) is 4.45. The highest BCUT2D eigenvalue weighted by atomic mass is 16.2. The van der Waals surface area contributed by atoms with E-state index in [-0.39, 0.29) is 11.7 Å². The number of hydrogen-bond donors (Lipinski definition) is 3. The molecule has 6 nitrogen and oxygen atoms in total. The second-order valence-electron chi connectivity index (χ2n) is 5.51. The molecule has 0 saturated carbocycles. The minimum atomic E-state index is -0.447. The molecule has 0 saturated heterocycles. The number of aromatic amines is 1. The molecule has 0 aliphatic carbocycles. The van der Waals surface area contributed by atoms with Gasteiger partial charge < -0.3 is 11.1 Å². The molecule has 0 bridgehead atoms. The fraction of sp³-hybridized carbons (Fsp3) is 0.714. The molecule has 0 radical (unpaired) electrons. The van der Waals surface area contributed by atoms with Crippen LogP contribution >= 0.6 is 0 Å². The van der Waals surface area contributed by atoms with Gasteiger partial charge in [-0.15, -0.1) is 0 Å². The summed E-state index contributed by atoms with van der Waals surface area (Å²) in [5.41, 5.74) is 5.37. The van der Waals surface area contributed by atoms with Crippen LogP contribution in [0.25, 0.3) is 0 Å². The van der Waals surface area contributed by atoms with Crippen molar-refractivity contribution in [2.24, 2.45) is 5.92 Å². The molecular weight excluding hydrogens is 256 g/mol. The molecule has 6 heteroatoms. The summed E-state index contributed by atoms with van der Waals surface area (Å²) in [5, 5.41) is 3.05. The molecule has 0 aromatic carbocycles. The lowest BCUT2D eigenvalue weighted by atomic mass is 10.2. The van der Waals surface area contributed by atoms with Crippen LogP contribution in [0, 0.1) is 5.92 Å². The monoisotopic (exact) mass is 282 g/mol. The first-order chi connectivity index (χ1) is 9.47. The van der Waals surface area contributed by atoms with Crippen molar-refractivity contribution in [3.63, 3.8) is 0 Å². The third-order valence-corrected chi connectivity index (χ3v) is 3.12. The van der Waals surface area contributed by atoms with Crippen molar-refractivity contribution in [3.8, 4) is 0 Å². The standard InChI is InChI=1S/C14H26N4O2/c1-4-5-6-7-8-16-11-12(15)18(9-10(2)3)14(20)17-13(11)19/h10,16H,4-9,15H2,1-3H3,(H,17,19,20). The van der Waals surface area contributed by atoms with Gasteiger partial charge in [0.2, 0.25) is 0 Å². The Hall–Kier alpha value is -1.72. The van der Waals surface area contributed by atoms with E-state index in [4.69, 9.17) is 5.73 Å². The molecule has 0 aliphatic heterocycles. The van der Waals surface area contributed by atoms with Crippen LogP contribution in [0.2, 0.25) is 0 Å². The van der Waals surface area contributed by atoms with Crippen molar-refractivity contribution >= 4 is 11.5 Å². The van der Waals surface area contributed by atoms with Gasteiger partial charge in [0.15, 0.2) is 0 Å². The Kier molecular flexibility index (Phi) is 6.35. The van der Waals surface area contributed by atoms with E-state index in [0.29, 0.717) is 18.8 Å². The Morgan fingerprint density at radius 2 is 1.95 bits per heavy atom. The van der Waals surface area contributed by atoms with Gasteiger partial charge in [-0.3, -0.25) is 14.3 Å². The second-order valence-corrected chi connectivity index (χ2v) is 5.51. The van der Waals surface area contributed by atoms with Crippen LogP contribution in [0.4, 0.5) is 11.5 Å². The van der Waals surface area contributed by atoms with E-state index in [1.54, 1.807) is 0 Å². The van der Waals surface area contributed by atoms with Crippen molar-refractivity contribution in [2.45, 2.75) is 53.0 Å². The molecule has 0 amide bonds. The van der Waals surface area contributed by atoms with Gasteiger partial charge in [-0.1, -0.05) is 40.0 Å². The van der Waals surface area contributed by atoms with Crippen molar-refractivity contribution in [3.05, 3.63) is 20.8 Å². The first-order valence-corrected chi connectivity index (χ1v) is 7.33. The predicted molar refractivity (Wildman–Crippen MR) is 83.2 cm³/mol. The van der Waals surface area contributed by atoms with E-state index >= 15 is 0 Å². The minimum absolute atomic E-state index is 0.225. The number of anilines is 2. The number of nitrogens with two attached hydrogens (primary N) is 1. The van der Waals surface area contributed by atoms with Gasteiger partial charge in [-0.2, -0.15) is 0 Å². The van der Waals surface area contributed by atoms with Crippen LogP contribution in [-0.2, 0) is 6.54 Å². The molecule has 114 valence electrons. The lowest BCUT2D eigenvalue weighted by Crippen LogP contribution is -2.35. The normalized spacial score (nSPS) is 11.0. The number of nitrogens with zero attached hydrogens (tertiary/aromatic N) is 1. The number of hydrogen-bond acceptors (Lipinski definition) is 4. The predicted octanol–water partition coefficient (Wildman–Crippen LogP) is 1.77. The van der Waals surface area contributed by atoms with Crippen LogP contribution in [-0.4, -0.2) is 16.1 Å². The molecule has 0 spiro atoms. The summed E-state index contributed by atoms with van der Waals surface area (Å²) in [4.78, 5) is 25.9. The van der Waals surface area contributed by atoms with E-state index in [9.17, 15) is 9.59 Å². The number of aromatic nitrogens is 2. The molecule has 0 aliphatic rings. The zero-order chi connectivity index (χ0) is 15.1. The lowest BCUT2D eigenvalue weighted by Gasteiger charge is -2.15. The largest absolute Gasteiger partial charge is 0.383 e. The zero-order valence-electron chi connectivity index (χ0n) is 12.7. The summed E-state index contributed by atoms with van der Waals surface area (Å²) in [6.45, 7) is 7.32. The Morgan fingerprint density at radius 3 is 2.55 bits per heavy atom. The summed E-state index contributed by atoms with van der Waals surface area (Å²) < 4.78 is 1.42. The average Bonchev–Trinajstić information content (AvgIpc) is 2.37. The van der Waals surface area contributed by atoms with Crippen molar-refractivity contribution in [1.82, 2.24) is 9.55 Å². The van der Waals surface area contributed by atoms with Crippen molar-refractivity contribution in [2.75, 3.05) is 17.6 Å². The zero-order valence-corrected chi connectivity index (χ0v) is 12.7. The first kappa shape index (κ1) is 16.3. The van der Waals surface area contributed by atoms with Gasteiger partial charge in [0, 0.05) is 13.1 Å². The quantitative estimate of drug-likeness (QED) is 0.633. The third-order valence-electron chi connectivity index (χ3n) is 3.12. The van der Waals surface area contributed by atoms with Gasteiger partial charge >= 0.3 is 5.69 Å². The molecule has 1 heterocycles. The maximum absolute atomic E-state index is 11.8. The van der Waals surface area contributed by atoms with Crippen molar-refractivity contribution < 1.29 is 0 Å². The van der Waals surface area contributed by atoms with Gasteiger partial charge in [0.25, 0.3) is 5.56 Å². The second kappa shape index (κ2) is 7.77. The van der Waals surface area contributed by atoms with Gasteiger partial charge in [-0.25, -0.2) is 4.79 Å². The lowest BCUT2D eigenvalue weighted by molar-refractivity contribution is 0.508. The Labute approximate surface area is 119 Å². The fourth-order valence-corrected chi connectivity index (χ4v) is 2.07. The Balaban J connectivity index is 2.85. The van der Waals surface area contributed by atoms with Crippen LogP contribution in [0.3, 0.4) is 0 Å². The van der Waals surface area contributed by atoms with Crippen LogP contribution in [0.1, 0.15) is 46.5 Å². The molecule has 0 atom stereocenters. The number of nitrogens with one attached hydrogen (secondary N) is 2. The maximum atomic E-state index is 11.8. The summed E-state index contributed by atoms with van der Waals surface area (Å²) in [6, 6.07) is 0. The molecule has 0 fully saturated rings.